The summed E-state index contributed by atoms with van der Waals surface area (Å²) in [6, 6.07) is 15.8. The maximum absolute atomic E-state index is 11.3. The molecule has 3 heteroatoms. The molecule has 0 spiro atoms. The average molecular weight is 288 g/mol. The second-order valence-corrected chi connectivity index (χ2v) is 5.35. The minimum absolute atomic E-state index is 0.0146. The molecule has 1 N–H and O–H groups in total. The first-order valence-corrected chi connectivity index (χ1v) is 7.05. The Morgan fingerprint density at radius 2 is 1.90 bits per heavy atom. The number of rotatable bonds is 5. The Kier molecular flexibility index (Phi) is 4.80. The van der Waals surface area contributed by atoms with E-state index in [4.69, 9.17) is 11.6 Å². The number of hydrogen-bond donors (Lipinski definition) is 1. The van der Waals surface area contributed by atoms with Crippen LogP contribution in [0.2, 0.25) is 5.02 Å². The van der Waals surface area contributed by atoms with Crippen molar-refractivity contribution in [3.8, 4) is 0 Å². The highest BCUT2D eigenvalue weighted by Crippen LogP contribution is 2.22. The molecular formula is C17H18ClNO. The van der Waals surface area contributed by atoms with Gasteiger partial charge in [-0.15, -0.1) is 0 Å². The first-order chi connectivity index (χ1) is 9.58. The highest BCUT2D eigenvalue weighted by molar-refractivity contribution is 6.34. The fourth-order valence-electron chi connectivity index (χ4n) is 2.08. The molecule has 0 saturated carbocycles. The Morgan fingerprint density at radius 3 is 2.50 bits per heavy atom. The smallest absolute Gasteiger partial charge is 0.161 e. The molecule has 0 bridgehead atoms. The summed E-state index contributed by atoms with van der Waals surface area (Å²) in [6.07, 6.45) is 0. The van der Waals surface area contributed by atoms with E-state index in [-0.39, 0.29) is 5.78 Å². The van der Waals surface area contributed by atoms with Crippen molar-refractivity contribution in [2.75, 3.05) is 11.9 Å². The van der Waals surface area contributed by atoms with E-state index in [0.29, 0.717) is 16.5 Å². The number of anilines is 1. The molecule has 0 heterocycles. The zero-order valence-electron chi connectivity index (χ0n) is 11.7. The van der Waals surface area contributed by atoms with Crippen LogP contribution in [0.25, 0.3) is 0 Å². The average Bonchev–Trinajstić information content (AvgIpc) is 2.45. The van der Waals surface area contributed by atoms with Gasteiger partial charge >= 0.3 is 0 Å². The molecule has 104 valence electrons. The fourth-order valence-corrected chi connectivity index (χ4v) is 2.39. The molecule has 0 amide bonds. The molecular weight excluding hydrogens is 270 g/mol. The zero-order valence-corrected chi connectivity index (χ0v) is 12.4. The molecule has 2 aromatic carbocycles. The topological polar surface area (TPSA) is 29.1 Å². The van der Waals surface area contributed by atoms with Gasteiger partial charge in [0.15, 0.2) is 5.78 Å². The first-order valence-electron chi connectivity index (χ1n) is 6.67. The minimum atomic E-state index is -0.0146. The standard InChI is InChI=1S/C17H18ClNO/c1-12(14-6-4-3-5-7-14)11-19-15-8-9-16(13(2)20)17(18)10-15/h3-10,12,19H,11H2,1-2H3. The molecule has 0 fully saturated rings. The summed E-state index contributed by atoms with van der Waals surface area (Å²) in [7, 11) is 0. The number of benzene rings is 2. The van der Waals surface area contributed by atoms with Crippen LogP contribution in [-0.2, 0) is 0 Å². The van der Waals surface area contributed by atoms with Gasteiger partial charge in [0.1, 0.15) is 0 Å². The Labute approximate surface area is 124 Å². The van der Waals surface area contributed by atoms with Gasteiger partial charge in [0, 0.05) is 17.8 Å². The molecule has 2 rings (SSSR count). The maximum atomic E-state index is 11.3. The number of halogens is 1. The summed E-state index contributed by atoms with van der Waals surface area (Å²) < 4.78 is 0. The van der Waals surface area contributed by atoms with Crippen LogP contribution in [0.15, 0.2) is 48.5 Å². The lowest BCUT2D eigenvalue weighted by Crippen LogP contribution is -2.10. The van der Waals surface area contributed by atoms with E-state index in [1.807, 2.05) is 24.3 Å². The number of carbonyl (C=O) groups excluding carboxylic acids is 1. The number of nitrogens with one attached hydrogen (secondary N) is 1. The third-order valence-corrected chi connectivity index (χ3v) is 3.64. The van der Waals surface area contributed by atoms with Crippen LogP contribution >= 0.6 is 11.6 Å². The van der Waals surface area contributed by atoms with Gasteiger partial charge < -0.3 is 5.32 Å². The number of Topliss-reactive ketones (excluding diaryl/α,β-unsaturated/α-hetero) is 1. The zero-order chi connectivity index (χ0) is 14.5. The normalized spacial score (nSPS) is 11.9. The van der Waals surface area contributed by atoms with Crippen LogP contribution in [0.1, 0.15) is 35.7 Å². The molecule has 1 unspecified atom stereocenters. The molecule has 0 aromatic heterocycles. The lowest BCUT2D eigenvalue weighted by atomic mass is 10.0. The summed E-state index contributed by atoms with van der Waals surface area (Å²) in [5.41, 5.74) is 2.79. The van der Waals surface area contributed by atoms with Crippen LogP contribution in [0.4, 0.5) is 5.69 Å². The highest BCUT2D eigenvalue weighted by Gasteiger charge is 2.08. The Morgan fingerprint density at radius 1 is 1.20 bits per heavy atom. The second kappa shape index (κ2) is 6.58. The summed E-state index contributed by atoms with van der Waals surface area (Å²) in [5, 5.41) is 3.85. The highest BCUT2D eigenvalue weighted by atomic mass is 35.5. The van der Waals surface area contributed by atoms with Crippen molar-refractivity contribution in [3.05, 3.63) is 64.7 Å². The number of hydrogen-bond acceptors (Lipinski definition) is 2. The van der Waals surface area contributed by atoms with Crippen LogP contribution < -0.4 is 5.32 Å². The summed E-state index contributed by atoms with van der Waals surface area (Å²) in [4.78, 5) is 11.3. The van der Waals surface area contributed by atoms with E-state index in [1.165, 1.54) is 12.5 Å². The molecule has 0 aliphatic rings. The van der Waals surface area contributed by atoms with Gasteiger partial charge in [0.2, 0.25) is 0 Å². The molecule has 1 atom stereocenters. The lowest BCUT2D eigenvalue weighted by Gasteiger charge is -2.14. The minimum Gasteiger partial charge on any atom is -0.384 e. The van der Waals surface area contributed by atoms with E-state index in [2.05, 4.69) is 24.4 Å². The van der Waals surface area contributed by atoms with E-state index >= 15 is 0 Å². The van der Waals surface area contributed by atoms with Crippen molar-refractivity contribution in [1.82, 2.24) is 0 Å². The lowest BCUT2D eigenvalue weighted by molar-refractivity contribution is 0.101. The molecule has 0 saturated heterocycles. The predicted molar refractivity (Wildman–Crippen MR) is 84.8 cm³/mol. The third kappa shape index (κ3) is 3.61. The molecule has 2 aromatic rings. The van der Waals surface area contributed by atoms with Gasteiger partial charge in [0.25, 0.3) is 0 Å². The summed E-state index contributed by atoms with van der Waals surface area (Å²) >= 11 is 6.10. The van der Waals surface area contributed by atoms with Crippen molar-refractivity contribution < 1.29 is 4.79 Å². The van der Waals surface area contributed by atoms with Crippen LogP contribution in [-0.4, -0.2) is 12.3 Å². The van der Waals surface area contributed by atoms with Crippen LogP contribution in [0.3, 0.4) is 0 Å². The van der Waals surface area contributed by atoms with Crippen LogP contribution in [0, 0.1) is 0 Å². The van der Waals surface area contributed by atoms with Crippen molar-refractivity contribution >= 4 is 23.1 Å². The van der Waals surface area contributed by atoms with E-state index in [1.54, 1.807) is 12.1 Å². The largest absolute Gasteiger partial charge is 0.384 e. The van der Waals surface area contributed by atoms with E-state index in [0.717, 1.165) is 12.2 Å². The molecule has 0 aliphatic carbocycles. The monoisotopic (exact) mass is 287 g/mol. The van der Waals surface area contributed by atoms with Crippen molar-refractivity contribution in [2.24, 2.45) is 0 Å². The molecule has 2 nitrogen and oxygen atoms in total. The Bertz CT molecular complexity index is 595. The van der Waals surface area contributed by atoms with Crippen molar-refractivity contribution in [3.63, 3.8) is 0 Å². The quantitative estimate of drug-likeness (QED) is 0.804. The van der Waals surface area contributed by atoms with Gasteiger partial charge in [0.05, 0.1) is 5.02 Å². The molecule has 0 radical (unpaired) electrons. The second-order valence-electron chi connectivity index (χ2n) is 4.94. The van der Waals surface area contributed by atoms with Crippen molar-refractivity contribution in [1.29, 1.82) is 0 Å². The first kappa shape index (κ1) is 14.6. The van der Waals surface area contributed by atoms with E-state index in [9.17, 15) is 4.79 Å². The number of carbonyl (C=O) groups is 1. The fraction of sp³-hybridized carbons (Fsp3) is 0.235. The van der Waals surface area contributed by atoms with E-state index < -0.39 is 0 Å². The van der Waals surface area contributed by atoms with Gasteiger partial charge in [-0.1, -0.05) is 48.9 Å². The maximum Gasteiger partial charge on any atom is 0.161 e. The summed E-state index contributed by atoms with van der Waals surface area (Å²) in [6.45, 7) is 4.51. The molecule has 20 heavy (non-hydrogen) atoms. The SMILES string of the molecule is CC(=O)c1ccc(NCC(C)c2ccccc2)cc1Cl. The third-order valence-electron chi connectivity index (χ3n) is 3.33. The Hall–Kier alpha value is -1.80. The van der Waals surface area contributed by atoms with Gasteiger partial charge in [-0.2, -0.15) is 0 Å². The predicted octanol–water partition coefficient (Wildman–Crippen LogP) is 4.76. The number of ketones is 1. The van der Waals surface area contributed by atoms with Crippen LogP contribution in [0.5, 0.6) is 0 Å². The van der Waals surface area contributed by atoms with Crippen molar-refractivity contribution in [2.45, 2.75) is 19.8 Å². The van der Waals surface area contributed by atoms with Gasteiger partial charge in [-0.05, 0) is 36.6 Å². The Balaban J connectivity index is 2.01. The van der Waals surface area contributed by atoms with Gasteiger partial charge in [-0.3, -0.25) is 4.79 Å². The van der Waals surface area contributed by atoms with Gasteiger partial charge in [-0.25, -0.2) is 0 Å². The summed E-state index contributed by atoms with van der Waals surface area (Å²) in [5.74, 6) is 0.390. The molecule has 0 aliphatic heterocycles.